The Labute approximate surface area is 141 Å². The van der Waals surface area contributed by atoms with E-state index in [-0.39, 0.29) is 16.8 Å². The van der Waals surface area contributed by atoms with E-state index in [1.165, 1.54) is 23.0 Å². The van der Waals surface area contributed by atoms with Crippen LogP contribution in [0.5, 0.6) is 0 Å². The molecule has 128 valence electrons. The van der Waals surface area contributed by atoms with Gasteiger partial charge in [-0.1, -0.05) is 0 Å². The number of rotatable bonds is 3. The van der Waals surface area contributed by atoms with Crippen molar-refractivity contribution in [3.8, 4) is 11.1 Å². The molecule has 0 aliphatic heterocycles. The topological polar surface area (TPSA) is 59.8 Å². The Balaban J connectivity index is 1.94. The number of amides is 1. The van der Waals surface area contributed by atoms with E-state index in [0.29, 0.717) is 11.3 Å². The van der Waals surface area contributed by atoms with Crippen LogP contribution in [0, 0.1) is 24.4 Å². The molecule has 0 bridgehead atoms. The lowest BCUT2D eigenvalue weighted by molar-refractivity contribution is 0.102. The number of pyridine rings is 1. The maximum atomic E-state index is 14.4. The number of aryl methyl sites for hydroxylation is 2. The van der Waals surface area contributed by atoms with Crippen molar-refractivity contribution in [3.05, 3.63) is 65.5 Å². The van der Waals surface area contributed by atoms with Crippen molar-refractivity contribution in [2.45, 2.75) is 6.92 Å². The van der Waals surface area contributed by atoms with Gasteiger partial charge >= 0.3 is 0 Å². The number of carbonyl (C=O) groups excluding carboxylic acids is 1. The summed E-state index contributed by atoms with van der Waals surface area (Å²) in [6.45, 7) is 1.68. The van der Waals surface area contributed by atoms with Crippen LogP contribution in [0.3, 0.4) is 0 Å². The summed E-state index contributed by atoms with van der Waals surface area (Å²) in [6, 6.07) is 3.70. The second-order valence-electron chi connectivity index (χ2n) is 5.40. The highest BCUT2D eigenvalue weighted by Gasteiger charge is 2.20. The fourth-order valence-electron chi connectivity index (χ4n) is 2.47. The molecule has 8 heteroatoms. The molecule has 5 nitrogen and oxygen atoms in total. The van der Waals surface area contributed by atoms with E-state index < -0.39 is 23.4 Å². The highest BCUT2D eigenvalue weighted by molar-refractivity contribution is 6.04. The number of nitrogens with zero attached hydrogens (tertiary/aromatic N) is 3. The molecule has 0 saturated carbocycles. The third-order valence-corrected chi connectivity index (χ3v) is 3.65. The van der Waals surface area contributed by atoms with Crippen LogP contribution >= 0.6 is 0 Å². The number of carbonyl (C=O) groups is 1. The van der Waals surface area contributed by atoms with Crippen molar-refractivity contribution in [1.29, 1.82) is 0 Å². The quantitative estimate of drug-likeness (QED) is 0.790. The van der Waals surface area contributed by atoms with Gasteiger partial charge in [0, 0.05) is 30.6 Å². The maximum Gasteiger partial charge on any atom is 0.258 e. The number of aromatic nitrogens is 3. The standard InChI is InChI=1S/C17H13F3N4O/c1-9-12(8-24(2)23-9)10-3-4-14(16(20)15(10)19)22-17(25)11-5-6-21-7-13(11)18/h3-8H,1-2H3,(H,22,25). The summed E-state index contributed by atoms with van der Waals surface area (Å²) in [5, 5.41) is 6.25. The van der Waals surface area contributed by atoms with Gasteiger partial charge in [0.1, 0.15) is 0 Å². The molecule has 0 saturated heterocycles. The van der Waals surface area contributed by atoms with Crippen molar-refractivity contribution in [1.82, 2.24) is 14.8 Å². The Hall–Kier alpha value is -3.16. The lowest BCUT2D eigenvalue weighted by atomic mass is 10.1. The van der Waals surface area contributed by atoms with Crippen molar-refractivity contribution in [2.75, 3.05) is 5.32 Å². The van der Waals surface area contributed by atoms with E-state index in [2.05, 4.69) is 15.4 Å². The van der Waals surface area contributed by atoms with Gasteiger partial charge in [-0.3, -0.25) is 14.5 Å². The van der Waals surface area contributed by atoms with Crippen LogP contribution in [0.2, 0.25) is 0 Å². The monoisotopic (exact) mass is 346 g/mol. The number of hydrogen-bond acceptors (Lipinski definition) is 3. The summed E-state index contributed by atoms with van der Waals surface area (Å²) in [6.07, 6.45) is 3.65. The summed E-state index contributed by atoms with van der Waals surface area (Å²) >= 11 is 0. The molecule has 3 aromatic rings. The zero-order valence-corrected chi connectivity index (χ0v) is 13.3. The molecule has 0 unspecified atom stereocenters. The molecule has 25 heavy (non-hydrogen) atoms. The smallest absolute Gasteiger partial charge is 0.258 e. The van der Waals surface area contributed by atoms with E-state index in [1.54, 1.807) is 20.2 Å². The summed E-state index contributed by atoms with van der Waals surface area (Å²) in [5.41, 5.74) is 0.301. The van der Waals surface area contributed by atoms with Crippen LogP contribution in [0.4, 0.5) is 18.9 Å². The SMILES string of the molecule is Cc1nn(C)cc1-c1ccc(NC(=O)c2ccncc2F)c(F)c1F. The molecule has 1 N–H and O–H groups in total. The fourth-order valence-corrected chi connectivity index (χ4v) is 2.47. The van der Waals surface area contributed by atoms with E-state index in [0.717, 1.165) is 12.3 Å². The van der Waals surface area contributed by atoms with Crippen LogP contribution in [0.15, 0.2) is 36.8 Å². The Morgan fingerprint density at radius 2 is 1.88 bits per heavy atom. The first-order valence-electron chi connectivity index (χ1n) is 7.28. The maximum absolute atomic E-state index is 14.4. The number of hydrogen-bond donors (Lipinski definition) is 1. The van der Waals surface area contributed by atoms with Gasteiger partial charge in [0.05, 0.1) is 23.1 Å². The average molecular weight is 346 g/mol. The van der Waals surface area contributed by atoms with Gasteiger partial charge in [-0.25, -0.2) is 13.2 Å². The average Bonchev–Trinajstić information content (AvgIpc) is 2.90. The minimum Gasteiger partial charge on any atom is -0.319 e. The van der Waals surface area contributed by atoms with E-state index in [9.17, 15) is 18.0 Å². The third-order valence-electron chi connectivity index (χ3n) is 3.65. The molecule has 1 aromatic carbocycles. The van der Waals surface area contributed by atoms with Crippen molar-refractivity contribution >= 4 is 11.6 Å². The number of anilines is 1. The van der Waals surface area contributed by atoms with Crippen LogP contribution in [0.1, 0.15) is 16.1 Å². The minimum absolute atomic E-state index is 0.0243. The van der Waals surface area contributed by atoms with Gasteiger partial charge in [0.25, 0.3) is 5.91 Å². The zero-order valence-electron chi connectivity index (χ0n) is 13.3. The third kappa shape index (κ3) is 3.10. The van der Waals surface area contributed by atoms with Crippen LogP contribution in [-0.4, -0.2) is 20.7 Å². The van der Waals surface area contributed by atoms with E-state index in [4.69, 9.17) is 0 Å². The fraction of sp³-hybridized carbons (Fsp3) is 0.118. The highest BCUT2D eigenvalue weighted by Crippen LogP contribution is 2.30. The summed E-state index contributed by atoms with van der Waals surface area (Å²) in [4.78, 5) is 15.6. The second kappa shape index (κ2) is 6.39. The first-order chi connectivity index (χ1) is 11.9. The first kappa shape index (κ1) is 16.7. The molecule has 2 aromatic heterocycles. The van der Waals surface area contributed by atoms with Crippen LogP contribution in [-0.2, 0) is 7.05 Å². The largest absolute Gasteiger partial charge is 0.319 e. The summed E-state index contributed by atoms with van der Waals surface area (Å²) in [5.74, 6) is -4.11. The molecule has 3 rings (SSSR count). The molecule has 0 aliphatic carbocycles. The number of halogens is 3. The normalized spacial score (nSPS) is 10.8. The molecule has 0 atom stereocenters. The lowest BCUT2D eigenvalue weighted by Gasteiger charge is -2.10. The molecule has 2 heterocycles. The molecule has 0 spiro atoms. The van der Waals surface area contributed by atoms with Gasteiger partial charge in [-0.15, -0.1) is 0 Å². The number of benzene rings is 1. The molecule has 1 amide bonds. The Morgan fingerprint density at radius 3 is 2.52 bits per heavy atom. The van der Waals surface area contributed by atoms with Gasteiger partial charge in [-0.2, -0.15) is 5.10 Å². The minimum atomic E-state index is -1.23. The Morgan fingerprint density at radius 1 is 1.12 bits per heavy atom. The molecule has 0 radical (unpaired) electrons. The van der Waals surface area contributed by atoms with E-state index in [1.807, 2.05) is 0 Å². The summed E-state index contributed by atoms with van der Waals surface area (Å²) in [7, 11) is 1.67. The van der Waals surface area contributed by atoms with Crippen molar-refractivity contribution in [3.63, 3.8) is 0 Å². The van der Waals surface area contributed by atoms with Crippen molar-refractivity contribution < 1.29 is 18.0 Å². The number of nitrogens with one attached hydrogen (secondary N) is 1. The predicted octanol–water partition coefficient (Wildman–Crippen LogP) is 3.46. The van der Waals surface area contributed by atoms with Crippen LogP contribution in [0.25, 0.3) is 11.1 Å². The summed E-state index contributed by atoms with van der Waals surface area (Å²) < 4.78 is 43.8. The zero-order chi connectivity index (χ0) is 18.1. The van der Waals surface area contributed by atoms with Gasteiger partial charge < -0.3 is 5.32 Å². The first-order valence-corrected chi connectivity index (χ1v) is 7.28. The van der Waals surface area contributed by atoms with Gasteiger partial charge in [0.2, 0.25) is 0 Å². The van der Waals surface area contributed by atoms with Gasteiger partial charge in [-0.05, 0) is 25.1 Å². The van der Waals surface area contributed by atoms with E-state index >= 15 is 0 Å². The van der Waals surface area contributed by atoms with Crippen LogP contribution < -0.4 is 5.32 Å². The molecule has 0 fully saturated rings. The van der Waals surface area contributed by atoms with Crippen molar-refractivity contribution in [2.24, 2.45) is 7.05 Å². The predicted molar refractivity (Wildman–Crippen MR) is 85.4 cm³/mol. The molecular weight excluding hydrogens is 333 g/mol. The second-order valence-corrected chi connectivity index (χ2v) is 5.40. The Kier molecular flexibility index (Phi) is 4.26. The lowest BCUT2D eigenvalue weighted by Crippen LogP contribution is -2.15. The highest BCUT2D eigenvalue weighted by atomic mass is 19.2. The van der Waals surface area contributed by atoms with Gasteiger partial charge in [0.15, 0.2) is 17.5 Å². The Bertz CT molecular complexity index is 969. The molecular formula is C17H13F3N4O. The molecule has 0 aliphatic rings.